The van der Waals surface area contributed by atoms with Crippen LogP contribution in [-0.2, 0) is 10.1 Å². The summed E-state index contributed by atoms with van der Waals surface area (Å²) >= 11 is 0. The molecule has 3 aromatic carbocycles. The quantitative estimate of drug-likeness (QED) is 0.360. The molecule has 8 nitrogen and oxygen atoms in total. The van der Waals surface area contributed by atoms with Crippen LogP contribution < -0.4 is 19.1 Å². The first kappa shape index (κ1) is 20.4. The topological polar surface area (TPSA) is 103 Å². The molecule has 1 amide bonds. The highest BCUT2D eigenvalue weighted by atomic mass is 32.2. The highest BCUT2D eigenvalue weighted by Crippen LogP contribution is 2.36. The number of fused-ring (bicyclic) bond motifs is 1. The summed E-state index contributed by atoms with van der Waals surface area (Å²) < 4.78 is 41.3. The number of carbonyl (C=O) groups excluding carboxylic acids is 1. The molecule has 0 spiro atoms. The summed E-state index contributed by atoms with van der Waals surface area (Å²) in [6, 6.07) is 18.0. The van der Waals surface area contributed by atoms with Crippen LogP contribution in [0.25, 0.3) is 0 Å². The molecule has 3 aromatic rings. The van der Waals surface area contributed by atoms with E-state index in [2.05, 4.69) is 10.5 Å². The van der Waals surface area contributed by atoms with E-state index in [1.54, 1.807) is 13.0 Å². The number of nitrogens with one attached hydrogen (secondary N) is 1. The van der Waals surface area contributed by atoms with E-state index in [1.807, 2.05) is 30.3 Å². The Morgan fingerprint density at radius 1 is 1.03 bits per heavy atom. The monoisotopic (exact) mass is 438 g/mol. The van der Waals surface area contributed by atoms with Crippen molar-refractivity contribution in [3.05, 3.63) is 83.4 Å². The van der Waals surface area contributed by atoms with Crippen molar-refractivity contribution in [1.82, 2.24) is 5.43 Å². The van der Waals surface area contributed by atoms with Crippen molar-refractivity contribution >= 4 is 22.2 Å². The first-order chi connectivity index (χ1) is 14.9. The fourth-order valence-corrected chi connectivity index (χ4v) is 4.08. The third kappa shape index (κ3) is 4.67. The normalized spacial score (nSPS) is 12.7. The van der Waals surface area contributed by atoms with E-state index >= 15 is 0 Å². The molecule has 9 heteroatoms. The fraction of sp³-hybridized carbons (Fsp3) is 0.0909. The number of hydrogen-bond donors (Lipinski definition) is 1. The molecule has 0 aromatic heterocycles. The molecule has 0 saturated carbocycles. The summed E-state index contributed by atoms with van der Waals surface area (Å²) in [6.07, 6.45) is 1.51. The van der Waals surface area contributed by atoms with Crippen molar-refractivity contribution in [3.63, 3.8) is 0 Å². The number of rotatable bonds is 6. The first-order valence-corrected chi connectivity index (χ1v) is 10.7. The van der Waals surface area contributed by atoms with Gasteiger partial charge in [0, 0.05) is 11.6 Å². The van der Waals surface area contributed by atoms with Crippen molar-refractivity contribution in [1.29, 1.82) is 0 Å². The van der Waals surface area contributed by atoms with Crippen LogP contribution in [0.1, 0.15) is 21.5 Å². The van der Waals surface area contributed by atoms with E-state index in [9.17, 15) is 13.2 Å². The maximum absolute atomic E-state index is 12.8. The van der Waals surface area contributed by atoms with E-state index in [0.717, 1.165) is 5.56 Å². The Kier molecular flexibility index (Phi) is 5.59. The van der Waals surface area contributed by atoms with Crippen LogP contribution in [0.3, 0.4) is 0 Å². The highest BCUT2D eigenvalue weighted by molar-refractivity contribution is 7.87. The van der Waals surface area contributed by atoms with E-state index in [4.69, 9.17) is 13.7 Å². The molecule has 0 aliphatic carbocycles. The zero-order chi connectivity index (χ0) is 21.8. The number of ether oxygens (including phenoxy) is 2. The Hall–Kier alpha value is -3.85. The van der Waals surface area contributed by atoms with Crippen molar-refractivity contribution in [3.8, 4) is 17.2 Å². The average Bonchev–Trinajstić information content (AvgIpc) is 3.21. The lowest BCUT2D eigenvalue weighted by Crippen LogP contribution is -2.18. The number of nitrogens with zero attached hydrogens (tertiary/aromatic N) is 1. The van der Waals surface area contributed by atoms with Gasteiger partial charge in [-0.15, -0.1) is 0 Å². The SMILES string of the molecule is Cc1cc2c(cc1S(=O)(=O)Oc1cccc(C(=O)N/N=C\c3ccccc3)c1)OCO2. The van der Waals surface area contributed by atoms with Gasteiger partial charge >= 0.3 is 10.1 Å². The highest BCUT2D eigenvalue weighted by Gasteiger charge is 2.25. The fourth-order valence-electron chi connectivity index (χ4n) is 2.92. The Balaban J connectivity index is 1.49. The summed E-state index contributed by atoms with van der Waals surface area (Å²) in [4.78, 5) is 12.3. The van der Waals surface area contributed by atoms with Crippen molar-refractivity contribution in [2.24, 2.45) is 5.10 Å². The maximum atomic E-state index is 12.8. The van der Waals surface area contributed by atoms with Gasteiger partial charge in [-0.3, -0.25) is 4.79 Å². The lowest BCUT2D eigenvalue weighted by molar-refractivity contribution is 0.0955. The summed E-state index contributed by atoms with van der Waals surface area (Å²) in [5.41, 5.74) is 3.87. The first-order valence-electron chi connectivity index (χ1n) is 9.26. The largest absolute Gasteiger partial charge is 0.454 e. The van der Waals surface area contributed by atoms with Crippen LogP contribution in [0.4, 0.5) is 0 Å². The van der Waals surface area contributed by atoms with Gasteiger partial charge in [0.05, 0.1) is 6.21 Å². The Labute approximate surface area is 179 Å². The Bertz CT molecular complexity index is 1260. The smallest absolute Gasteiger partial charge is 0.339 e. The van der Waals surface area contributed by atoms with Gasteiger partial charge in [0.15, 0.2) is 11.5 Å². The molecule has 0 saturated heterocycles. The molecule has 0 atom stereocenters. The summed E-state index contributed by atoms with van der Waals surface area (Å²) in [5.74, 6) is 0.300. The van der Waals surface area contributed by atoms with Crippen LogP contribution in [0.2, 0.25) is 0 Å². The molecule has 4 rings (SSSR count). The van der Waals surface area contributed by atoms with Gasteiger partial charge in [0.1, 0.15) is 10.6 Å². The number of benzene rings is 3. The zero-order valence-electron chi connectivity index (χ0n) is 16.4. The van der Waals surface area contributed by atoms with E-state index < -0.39 is 16.0 Å². The van der Waals surface area contributed by atoms with Gasteiger partial charge in [-0.2, -0.15) is 13.5 Å². The molecule has 1 N–H and O–H groups in total. The molecule has 31 heavy (non-hydrogen) atoms. The van der Waals surface area contributed by atoms with Gasteiger partial charge in [0.2, 0.25) is 6.79 Å². The zero-order valence-corrected chi connectivity index (χ0v) is 17.3. The van der Waals surface area contributed by atoms with Gasteiger partial charge in [-0.1, -0.05) is 36.4 Å². The molecule has 0 fully saturated rings. The predicted octanol–water partition coefficient (Wildman–Crippen LogP) is 3.26. The lowest BCUT2D eigenvalue weighted by atomic mass is 10.2. The second-order valence-electron chi connectivity index (χ2n) is 6.65. The molecular weight excluding hydrogens is 420 g/mol. The number of hydrazone groups is 1. The maximum Gasteiger partial charge on any atom is 0.339 e. The number of aryl methyl sites for hydroxylation is 1. The third-order valence-corrected chi connectivity index (χ3v) is 5.81. The summed E-state index contributed by atoms with van der Waals surface area (Å²) in [5, 5.41) is 3.91. The third-order valence-electron chi connectivity index (χ3n) is 4.42. The molecule has 0 unspecified atom stereocenters. The van der Waals surface area contributed by atoms with Gasteiger partial charge < -0.3 is 13.7 Å². The van der Waals surface area contributed by atoms with Crippen molar-refractivity contribution in [2.75, 3.05) is 6.79 Å². The summed E-state index contributed by atoms with van der Waals surface area (Å²) in [6.45, 7) is 1.66. The molecule has 1 heterocycles. The predicted molar refractivity (Wildman–Crippen MR) is 113 cm³/mol. The van der Waals surface area contributed by atoms with Gasteiger partial charge in [0.25, 0.3) is 5.91 Å². The van der Waals surface area contributed by atoms with Crippen molar-refractivity contribution < 1.29 is 26.9 Å². The molecule has 1 aliphatic rings. The number of carbonyl (C=O) groups is 1. The molecule has 0 bridgehead atoms. The minimum absolute atomic E-state index is 0.00300. The Morgan fingerprint density at radius 3 is 2.55 bits per heavy atom. The van der Waals surface area contributed by atoms with Crippen LogP contribution in [-0.4, -0.2) is 27.3 Å². The molecular formula is C22H18N2O6S. The average molecular weight is 438 g/mol. The number of amides is 1. The Morgan fingerprint density at radius 2 is 1.77 bits per heavy atom. The van der Waals surface area contributed by atoms with Crippen LogP contribution in [0.15, 0.2) is 76.7 Å². The van der Waals surface area contributed by atoms with Crippen LogP contribution in [0.5, 0.6) is 17.2 Å². The minimum Gasteiger partial charge on any atom is -0.454 e. The molecule has 1 aliphatic heterocycles. The van der Waals surface area contributed by atoms with Crippen molar-refractivity contribution in [2.45, 2.75) is 11.8 Å². The van der Waals surface area contributed by atoms with Crippen LogP contribution in [0, 0.1) is 6.92 Å². The standard InChI is InChI=1S/C22H18N2O6S/c1-15-10-19-20(29-14-28-19)12-21(15)31(26,27)30-18-9-5-8-17(11-18)22(25)24-23-13-16-6-3-2-4-7-16/h2-13H,14H2,1H3,(H,24,25)/b23-13-. The number of hydrogen-bond acceptors (Lipinski definition) is 7. The second-order valence-corrected chi connectivity index (χ2v) is 8.16. The van der Waals surface area contributed by atoms with Gasteiger partial charge in [-0.25, -0.2) is 5.43 Å². The van der Waals surface area contributed by atoms with E-state index in [-0.39, 0.29) is 23.0 Å². The second kappa shape index (κ2) is 8.49. The summed E-state index contributed by atoms with van der Waals surface area (Å²) in [7, 11) is -4.16. The van der Waals surface area contributed by atoms with E-state index in [1.165, 1.54) is 36.5 Å². The van der Waals surface area contributed by atoms with Gasteiger partial charge in [-0.05, 0) is 42.3 Å². The van der Waals surface area contributed by atoms with E-state index in [0.29, 0.717) is 17.1 Å². The minimum atomic E-state index is -4.16. The molecule has 158 valence electrons. The lowest BCUT2D eigenvalue weighted by Gasteiger charge is -2.11. The molecule has 0 radical (unpaired) electrons. The van der Waals surface area contributed by atoms with Crippen LogP contribution >= 0.6 is 0 Å².